The highest BCUT2D eigenvalue weighted by Gasteiger charge is 2.18. The van der Waals surface area contributed by atoms with Gasteiger partial charge in [-0.3, -0.25) is 9.48 Å². The van der Waals surface area contributed by atoms with Gasteiger partial charge in [-0.2, -0.15) is 5.10 Å². The van der Waals surface area contributed by atoms with E-state index >= 15 is 0 Å². The molecule has 0 saturated heterocycles. The summed E-state index contributed by atoms with van der Waals surface area (Å²) in [5.74, 6) is -0.0823. The SMILES string of the molecule is Cc1nn(Cc2cccc(Br)c2)c(C)c1C(=O)NCCC(C)N. The highest BCUT2D eigenvalue weighted by Crippen LogP contribution is 2.17. The van der Waals surface area contributed by atoms with Crippen LogP contribution in [0.2, 0.25) is 0 Å². The van der Waals surface area contributed by atoms with Crippen molar-refractivity contribution in [1.29, 1.82) is 0 Å². The van der Waals surface area contributed by atoms with Crippen LogP contribution in [0.25, 0.3) is 0 Å². The number of benzene rings is 1. The Kier molecular flexibility index (Phi) is 5.96. The topological polar surface area (TPSA) is 72.9 Å². The molecule has 0 radical (unpaired) electrons. The molecule has 1 amide bonds. The number of hydrogen-bond donors (Lipinski definition) is 2. The smallest absolute Gasteiger partial charge is 0.255 e. The molecule has 0 saturated carbocycles. The summed E-state index contributed by atoms with van der Waals surface area (Å²) >= 11 is 3.47. The highest BCUT2D eigenvalue weighted by atomic mass is 79.9. The molecule has 1 heterocycles. The van der Waals surface area contributed by atoms with Crippen LogP contribution in [0.3, 0.4) is 0 Å². The van der Waals surface area contributed by atoms with Gasteiger partial charge in [-0.05, 0) is 44.9 Å². The lowest BCUT2D eigenvalue weighted by molar-refractivity contribution is 0.0951. The number of carbonyl (C=O) groups is 1. The molecule has 6 heteroatoms. The van der Waals surface area contributed by atoms with Gasteiger partial charge in [0.15, 0.2) is 0 Å². The first-order valence-corrected chi connectivity index (χ1v) is 8.50. The van der Waals surface area contributed by atoms with Crippen molar-refractivity contribution >= 4 is 21.8 Å². The van der Waals surface area contributed by atoms with Crippen LogP contribution in [-0.2, 0) is 6.54 Å². The monoisotopic (exact) mass is 378 g/mol. The van der Waals surface area contributed by atoms with Gasteiger partial charge in [-0.25, -0.2) is 0 Å². The molecule has 0 bridgehead atoms. The second kappa shape index (κ2) is 7.75. The molecule has 2 rings (SSSR count). The van der Waals surface area contributed by atoms with Crippen LogP contribution in [-0.4, -0.2) is 28.3 Å². The Morgan fingerprint density at radius 1 is 1.43 bits per heavy atom. The van der Waals surface area contributed by atoms with E-state index in [4.69, 9.17) is 5.73 Å². The average molecular weight is 379 g/mol. The lowest BCUT2D eigenvalue weighted by Crippen LogP contribution is -2.29. The van der Waals surface area contributed by atoms with Crippen molar-refractivity contribution in [2.45, 2.75) is 39.8 Å². The molecule has 23 heavy (non-hydrogen) atoms. The molecule has 0 aliphatic rings. The fraction of sp³-hybridized carbons (Fsp3) is 0.412. The molecule has 124 valence electrons. The molecule has 1 unspecified atom stereocenters. The Morgan fingerprint density at radius 3 is 2.83 bits per heavy atom. The van der Waals surface area contributed by atoms with E-state index in [0.717, 1.165) is 27.8 Å². The van der Waals surface area contributed by atoms with Crippen LogP contribution in [0.1, 0.15) is 40.7 Å². The maximum atomic E-state index is 12.4. The highest BCUT2D eigenvalue weighted by molar-refractivity contribution is 9.10. The van der Waals surface area contributed by atoms with Gasteiger partial charge in [0.1, 0.15) is 0 Å². The number of nitrogens with zero attached hydrogens (tertiary/aromatic N) is 2. The van der Waals surface area contributed by atoms with Gasteiger partial charge in [-0.1, -0.05) is 28.1 Å². The molecule has 3 N–H and O–H groups in total. The predicted octanol–water partition coefficient (Wildman–Crippen LogP) is 2.78. The predicted molar refractivity (Wildman–Crippen MR) is 95.5 cm³/mol. The zero-order valence-electron chi connectivity index (χ0n) is 13.8. The van der Waals surface area contributed by atoms with Crippen LogP contribution in [0.4, 0.5) is 0 Å². The minimum absolute atomic E-state index is 0.0803. The fourth-order valence-electron chi connectivity index (χ4n) is 2.49. The zero-order chi connectivity index (χ0) is 17.0. The molecular formula is C17H23BrN4O. The molecule has 2 aromatic rings. The summed E-state index contributed by atoms with van der Waals surface area (Å²) in [5.41, 5.74) is 9.12. The van der Waals surface area contributed by atoms with Gasteiger partial charge in [0.05, 0.1) is 17.8 Å². The molecule has 1 aromatic heterocycles. The van der Waals surface area contributed by atoms with Gasteiger partial charge in [0.2, 0.25) is 0 Å². The van der Waals surface area contributed by atoms with Gasteiger partial charge in [0.25, 0.3) is 5.91 Å². The second-order valence-electron chi connectivity index (χ2n) is 5.86. The lowest BCUT2D eigenvalue weighted by Gasteiger charge is -2.08. The molecule has 0 aliphatic heterocycles. The quantitative estimate of drug-likeness (QED) is 0.811. The van der Waals surface area contributed by atoms with Gasteiger partial charge < -0.3 is 11.1 Å². The van der Waals surface area contributed by atoms with Crippen molar-refractivity contribution in [2.24, 2.45) is 5.73 Å². The van der Waals surface area contributed by atoms with E-state index in [0.29, 0.717) is 18.7 Å². The number of carbonyl (C=O) groups excluding carboxylic acids is 1. The summed E-state index contributed by atoms with van der Waals surface area (Å²) in [6.45, 7) is 6.94. The van der Waals surface area contributed by atoms with Crippen LogP contribution in [0.5, 0.6) is 0 Å². The van der Waals surface area contributed by atoms with Crippen LogP contribution >= 0.6 is 15.9 Å². The minimum Gasteiger partial charge on any atom is -0.352 e. The third-order valence-corrected chi connectivity index (χ3v) is 4.21. The van der Waals surface area contributed by atoms with Crippen LogP contribution in [0.15, 0.2) is 28.7 Å². The van der Waals surface area contributed by atoms with E-state index in [1.54, 1.807) is 0 Å². The molecule has 5 nitrogen and oxygen atoms in total. The van der Waals surface area contributed by atoms with Gasteiger partial charge in [0, 0.05) is 22.8 Å². The van der Waals surface area contributed by atoms with Crippen molar-refractivity contribution in [3.8, 4) is 0 Å². The van der Waals surface area contributed by atoms with E-state index in [-0.39, 0.29) is 11.9 Å². The van der Waals surface area contributed by atoms with Gasteiger partial charge >= 0.3 is 0 Å². The van der Waals surface area contributed by atoms with Crippen molar-refractivity contribution in [3.63, 3.8) is 0 Å². The van der Waals surface area contributed by atoms with E-state index in [1.807, 2.05) is 43.7 Å². The summed E-state index contributed by atoms with van der Waals surface area (Å²) in [6, 6.07) is 8.16. The zero-order valence-corrected chi connectivity index (χ0v) is 15.4. The van der Waals surface area contributed by atoms with Crippen LogP contribution in [0, 0.1) is 13.8 Å². The molecule has 0 fully saturated rings. The van der Waals surface area contributed by atoms with E-state index in [2.05, 4.69) is 32.4 Å². The van der Waals surface area contributed by atoms with E-state index in [9.17, 15) is 4.79 Å². The second-order valence-corrected chi connectivity index (χ2v) is 6.77. The number of amides is 1. The number of aromatic nitrogens is 2. The Labute approximate surface area is 145 Å². The molecule has 0 aliphatic carbocycles. The summed E-state index contributed by atoms with van der Waals surface area (Å²) in [6.07, 6.45) is 0.760. The summed E-state index contributed by atoms with van der Waals surface area (Å²) < 4.78 is 2.91. The fourth-order valence-corrected chi connectivity index (χ4v) is 2.94. The van der Waals surface area contributed by atoms with Crippen molar-refractivity contribution in [1.82, 2.24) is 15.1 Å². The Bertz CT molecular complexity index is 694. The summed E-state index contributed by atoms with van der Waals surface area (Å²) in [5, 5.41) is 7.43. The van der Waals surface area contributed by atoms with E-state index in [1.165, 1.54) is 0 Å². The van der Waals surface area contributed by atoms with Crippen molar-refractivity contribution in [3.05, 3.63) is 51.3 Å². The number of halogens is 1. The van der Waals surface area contributed by atoms with Crippen molar-refractivity contribution in [2.75, 3.05) is 6.54 Å². The summed E-state index contributed by atoms with van der Waals surface area (Å²) in [4.78, 5) is 12.4. The molecule has 0 spiro atoms. The first-order valence-electron chi connectivity index (χ1n) is 7.70. The first kappa shape index (κ1) is 17.7. The number of nitrogens with one attached hydrogen (secondary N) is 1. The molecule has 1 aromatic carbocycles. The number of nitrogens with two attached hydrogens (primary N) is 1. The third kappa shape index (κ3) is 4.65. The Morgan fingerprint density at radius 2 is 2.17 bits per heavy atom. The first-order chi connectivity index (χ1) is 10.9. The molecular weight excluding hydrogens is 356 g/mol. The average Bonchev–Trinajstić information content (AvgIpc) is 2.73. The Balaban J connectivity index is 2.14. The lowest BCUT2D eigenvalue weighted by atomic mass is 10.1. The maximum absolute atomic E-state index is 12.4. The normalized spacial score (nSPS) is 12.2. The summed E-state index contributed by atoms with van der Waals surface area (Å²) in [7, 11) is 0. The van der Waals surface area contributed by atoms with E-state index < -0.39 is 0 Å². The van der Waals surface area contributed by atoms with Gasteiger partial charge in [-0.15, -0.1) is 0 Å². The maximum Gasteiger partial charge on any atom is 0.255 e. The minimum atomic E-state index is -0.0823. The third-order valence-electron chi connectivity index (χ3n) is 3.72. The number of rotatable bonds is 6. The molecule has 1 atom stereocenters. The Hall–Kier alpha value is -1.66. The number of aryl methyl sites for hydroxylation is 1. The standard InChI is InChI=1S/C17H23BrN4O/c1-11(19)7-8-20-17(23)16-12(2)21-22(13(16)3)10-14-5-4-6-15(18)9-14/h4-6,9,11H,7-8,10,19H2,1-3H3,(H,20,23). The van der Waals surface area contributed by atoms with Crippen molar-refractivity contribution < 1.29 is 4.79 Å². The number of hydrogen-bond acceptors (Lipinski definition) is 3. The van der Waals surface area contributed by atoms with Crippen LogP contribution < -0.4 is 11.1 Å². The largest absolute Gasteiger partial charge is 0.352 e.